The van der Waals surface area contributed by atoms with Crippen molar-refractivity contribution < 1.29 is 9.90 Å². The Hall–Kier alpha value is -0.570. The lowest BCUT2D eigenvalue weighted by Crippen LogP contribution is -2.24. The Bertz CT molecular complexity index is 217. The van der Waals surface area contributed by atoms with Crippen LogP contribution in [0.25, 0.3) is 0 Å². The molecule has 3 heteroatoms. The Morgan fingerprint density at radius 3 is 2.05 bits per heavy atom. The molecule has 120 valence electrons. The van der Waals surface area contributed by atoms with Gasteiger partial charge in [-0.15, -0.1) is 0 Å². The molecule has 3 nitrogen and oxygen atoms in total. The average Bonchev–Trinajstić information content (AvgIpc) is 2.41. The first-order chi connectivity index (χ1) is 9.66. The maximum atomic E-state index is 11.5. The van der Waals surface area contributed by atoms with Crippen LogP contribution in [0.5, 0.6) is 0 Å². The fourth-order valence-corrected chi connectivity index (χ4v) is 2.31. The minimum absolute atomic E-state index is 0.165. The highest BCUT2D eigenvalue weighted by Crippen LogP contribution is 2.10. The summed E-state index contributed by atoms with van der Waals surface area (Å²) in [6.45, 7) is 4.72. The predicted octanol–water partition coefficient (Wildman–Crippen LogP) is 4.18. The second-order valence-electron chi connectivity index (χ2n) is 5.92. The third-order valence-electron chi connectivity index (χ3n) is 3.63. The van der Waals surface area contributed by atoms with Gasteiger partial charge in [-0.25, -0.2) is 0 Å². The summed E-state index contributed by atoms with van der Waals surface area (Å²) in [6.07, 6.45) is 13.6. The molecule has 0 bridgehead atoms. The predicted molar refractivity (Wildman–Crippen MR) is 85.8 cm³/mol. The van der Waals surface area contributed by atoms with Crippen molar-refractivity contribution in [3.8, 4) is 0 Å². The molecule has 0 aliphatic rings. The molecule has 1 atom stereocenters. The van der Waals surface area contributed by atoms with Gasteiger partial charge in [0.25, 0.3) is 0 Å². The molecule has 0 saturated heterocycles. The summed E-state index contributed by atoms with van der Waals surface area (Å²) in [7, 11) is 0. The molecule has 2 N–H and O–H groups in total. The van der Waals surface area contributed by atoms with Crippen molar-refractivity contribution in [1.82, 2.24) is 5.32 Å². The Morgan fingerprint density at radius 1 is 0.950 bits per heavy atom. The molecule has 0 radical (unpaired) electrons. The Balaban J connectivity index is 3.15. The number of amides is 1. The number of carbonyl (C=O) groups excluding carboxylic acids is 1. The first-order valence-electron chi connectivity index (χ1n) is 8.61. The van der Waals surface area contributed by atoms with Gasteiger partial charge in [0.15, 0.2) is 0 Å². The molecular weight excluding hydrogens is 250 g/mol. The zero-order chi connectivity index (χ0) is 15.1. The molecule has 0 aromatic carbocycles. The average molecular weight is 285 g/mol. The molecule has 0 aliphatic carbocycles. The van der Waals surface area contributed by atoms with Crippen molar-refractivity contribution in [2.45, 2.75) is 97.0 Å². The van der Waals surface area contributed by atoms with Gasteiger partial charge in [0.2, 0.25) is 5.91 Å². The van der Waals surface area contributed by atoms with Crippen LogP contribution in [0.2, 0.25) is 0 Å². The highest BCUT2D eigenvalue weighted by molar-refractivity contribution is 5.75. The van der Waals surface area contributed by atoms with Gasteiger partial charge in [-0.3, -0.25) is 4.79 Å². The number of aliphatic hydroxyl groups is 1. The van der Waals surface area contributed by atoms with E-state index in [1.165, 1.54) is 51.4 Å². The van der Waals surface area contributed by atoms with Crippen molar-refractivity contribution in [3.05, 3.63) is 0 Å². The van der Waals surface area contributed by atoms with E-state index in [4.69, 9.17) is 5.11 Å². The monoisotopic (exact) mass is 285 g/mol. The molecule has 1 amide bonds. The van der Waals surface area contributed by atoms with Gasteiger partial charge in [-0.2, -0.15) is 0 Å². The number of hydrogen-bond donors (Lipinski definition) is 2. The second kappa shape index (κ2) is 14.8. The Labute approximate surface area is 125 Å². The van der Waals surface area contributed by atoms with Crippen LogP contribution in [-0.4, -0.2) is 23.7 Å². The minimum atomic E-state index is -0.260. The van der Waals surface area contributed by atoms with Crippen molar-refractivity contribution in [3.63, 3.8) is 0 Å². The van der Waals surface area contributed by atoms with Gasteiger partial charge < -0.3 is 10.4 Å². The fraction of sp³-hybridized carbons (Fsp3) is 0.941. The van der Waals surface area contributed by atoms with Gasteiger partial charge in [-0.05, 0) is 26.2 Å². The lowest BCUT2D eigenvalue weighted by atomic mass is 10.1. The van der Waals surface area contributed by atoms with Crippen LogP contribution < -0.4 is 5.32 Å². The topological polar surface area (TPSA) is 49.3 Å². The van der Waals surface area contributed by atoms with Gasteiger partial charge in [0, 0.05) is 13.0 Å². The largest absolute Gasteiger partial charge is 0.393 e. The van der Waals surface area contributed by atoms with E-state index in [1.807, 2.05) is 0 Å². The molecule has 0 aliphatic heterocycles. The van der Waals surface area contributed by atoms with Gasteiger partial charge >= 0.3 is 0 Å². The molecule has 1 unspecified atom stereocenters. The van der Waals surface area contributed by atoms with Crippen molar-refractivity contribution in [2.24, 2.45) is 0 Å². The van der Waals surface area contributed by atoms with Crippen LogP contribution in [0, 0.1) is 0 Å². The standard InChI is InChI=1S/C17H35NO2/c1-3-4-5-6-7-8-9-10-11-14-17(20)18-15-12-13-16(2)19/h16,19H,3-15H2,1-2H3,(H,18,20). The lowest BCUT2D eigenvalue weighted by molar-refractivity contribution is -0.121. The number of unbranched alkanes of at least 4 members (excludes halogenated alkanes) is 8. The van der Waals surface area contributed by atoms with E-state index in [0.717, 1.165) is 19.3 Å². The minimum Gasteiger partial charge on any atom is -0.393 e. The third kappa shape index (κ3) is 15.5. The van der Waals surface area contributed by atoms with E-state index in [-0.39, 0.29) is 12.0 Å². The summed E-state index contributed by atoms with van der Waals surface area (Å²) in [5.41, 5.74) is 0. The number of hydrogen-bond acceptors (Lipinski definition) is 2. The summed E-state index contributed by atoms with van der Waals surface area (Å²) >= 11 is 0. The molecule has 0 aromatic heterocycles. The molecular formula is C17H35NO2. The summed E-state index contributed by atoms with van der Waals surface area (Å²) < 4.78 is 0. The highest BCUT2D eigenvalue weighted by atomic mass is 16.3. The Kier molecular flexibility index (Phi) is 14.4. The number of carbonyl (C=O) groups is 1. The maximum Gasteiger partial charge on any atom is 0.219 e. The molecule has 0 aromatic rings. The molecule has 0 spiro atoms. The summed E-state index contributed by atoms with van der Waals surface area (Å²) in [5, 5.41) is 12.0. The van der Waals surface area contributed by atoms with Crippen LogP contribution >= 0.6 is 0 Å². The van der Waals surface area contributed by atoms with Gasteiger partial charge in [0.05, 0.1) is 6.10 Å². The van der Waals surface area contributed by atoms with E-state index >= 15 is 0 Å². The smallest absolute Gasteiger partial charge is 0.219 e. The van der Waals surface area contributed by atoms with Crippen LogP contribution in [0.4, 0.5) is 0 Å². The van der Waals surface area contributed by atoms with Gasteiger partial charge in [-0.1, -0.05) is 58.3 Å². The zero-order valence-corrected chi connectivity index (χ0v) is 13.6. The number of rotatable bonds is 14. The van der Waals surface area contributed by atoms with E-state index in [1.54, 1.807) is 6.92 Å². The van der Waals surface area contributed by atoms with E-state index in [0.29, 0.717) is 13.0 Å². The SMILES string of the molecule is CCCCCCCCCCCC(=O)NCCCC(C)O. The zero-order valence-electron chi connectivity index (χ0n) is 13.6. The first-order valence-corrected chi connectivity index (χ1v) is 8.61. The third-order valence-corrected chi connectivity index (χ3v) is 3.63. The Morgan fingerprint density at radius 2 is 1.50 bits per heavy atom. The van der Waals surface area contributed by atoms with E-state index < -0.39 is 0 Å². The lowest BCUT2D eigenvalue weighted by Gasteiger charge is -2.06. The molecule has 20 heavy (non-hydrogen) atoms. The second-order valence-corrected chi connectivity index (χ2v) is 5.92. The summed E-state index contributed by atoms with van der Waals surface area (Å²) in [4.78, 5) is 11.5. The van der Waals surface area contributed by atoms with Crippen molar-refractivity contribution >= 4 is 5.91 Å². The highest BCUT2D eigenvalue weighted by Gasteiger charge is 2.01. The maximum absolute atomic E-state index is 11.5. The van der Waals surface area contributed by atoms with E-state index in [2.05, 4.69) is 12.2 Å². The normalized spacial score (nSPS) is 12.3. The molecule has 0 rings (SSSR count). The van der Waals surface area contributed by atoms with Crippen molar-refractivity contribution in [1.29, 1.82) is 0 Å². The van der Waals surface area contributed by atoms with Crippen molar-refractivity contribution in [2.75, 3.05) is 6.54 Å². The quantitative estimate of drug-likeness (QED) is 0.470. The fourth-order valence-electron chi connectivity index (χ4n) is 2.31. The van der Waals surface area contributed by atoms with Crippen LogP contribution in [0.1, 0.15) is 90.9 Å². The van der Waals surface area contributed by atoms with Crippen LogP contribution in [0.3, 0.4) is 0 Å². The molecule has 0 saturated carbocycles. The van der Waals surface area contributed by atoms with Crippen LogP contribution in [0.15, 0.2) is 0 Å². The van der Waals surface area contributed by atoms with E-state index in [9.17, 15) is 4.79 Å². The molecule has 0 fully saturated rings. The molecule has 0 heterocycles. The van der Waals surface area contributed by atoms with Crippen LogP contribution in [-0.2, 0) is 4.79 Å². The summed E-state index contributed by atoms with van der Waals surface area (Å²) in [6, 6.07) is 0. The first kappa shape index (κ1) is 19.4. The summed E-state index contributed by atoms with van der Waals surface area (Å²) in [5.74, 6) is 0.165. The number of nitrogens with one attached hydrogen (secondary N) is 1. The number of aliphatic hydroxyl groups excluding tert-OH is 1. The van der Waals surface area contributed by atoms with Gasteiger partial charge in [0.1, 0.15) is 0 Å².